The highest BCUT2D eigenvalue weighted by molar-refractivity contribution is 5.78. The van der Waals surface area contributed by atoms with Crippen LogP contribution in [0, 0.1) is 0 Å². The van der Waals surface area contributed by atoms with Crippen LogP contribution in [-0.2, 0) is 9.63 Å². The molecule has 0 aromatic rings. The van der Waals surface area contributed by atoms with Gasteiger partial charge < -0.3 is 15.1 Å². The number of rotatable bonds is 4. The second kappa shape index (κ2) is 4.68. The molecule has 0 saturated heterocycles. The van der Waals surface area contributed by atoms with Gasteiger partial charge in [0.25, 0.3) is 0 Å². The Kier molecular flexibility index (Phi) is 4.21. The van der Waals surface area contributed by atoms with Crippen LogP contribution in [0.4, 0.5) is 0 Å². The molecule has 0 radical (unpaired) electrons. The first-order chi connectivity index (χ1) is 5.07. The zero-order valence-electron chi connectivity index (χ0n) is 6.44. The maximum Gasteiger partial charge on any atom is 0.350 e. The van der Waals surface area contributed by atoms with Crippen LogP contribution in [0.25, 0.3) is 0 Å². The molecule has 0 amide bonds. The van der Waals surface area contributed by atoms with E-state index in [9.17, 15) is 4.79 Å². The lowest BCUT2D eigenvalue weighted by molar-refractivity contribution is -0.152. The van der Waals surface area contributed by atoms with Crippen LogP contribution >= 0.6 is 0 Å². The maximum absolute atomic E-state index is 10.2. The SMILES string of the molecule is CC(C)=NOC(CO)C(=O)O. The third-order valence-electron chi connectivity index (χ3n) is 0.804. The molecule has 5 nitrogen and oxygen atoms in total. The molecule has 64 valence electrons. The topological polar surface area (TPSA) is 79.1 Å². The van der Waals surface area contributed by atoms with Crippen LogP contribution in [0.1, 0.15) is 13.8 Å². The Balaban J connectivity index is 3.89. The quantitative estimate of drug-likeness (QED) is 0.443. The summed E-state index contributed by atoms with van der Waals surface area (Å²) in [7, 11) is 0. The lowest BCUT2D eigenvalue weighted by Gasteiger charge is -2.05. The summed E-state index contributed by atoms with van der Waals surface area (Å²) in [5.41, 5.74) is 0.602. The van der Waals surface area contributed by atoms with E-state index in [4.69, 9.17) is 10.2 Å². The van der Waals surface area contributed by atoms with E-state index in [1.165, 1.54) is 0 Å². The van der Waals surface area contributed by atoms with Gasteiger partial charge in [-0.05, 0) is 13.8 Å². The van der Waals surface area contributed by atoms with Gasteiger partial charge in [0.2, 0.25) is 6.10 Å². The predicted octanol–water partition coefficient (Wildman–Crippen LogP) is -0.156. The number of hydrogen-bond donors (Lipinski definition) is 2. The second-order valence-corrected chi connectivity index (χ2v) is 2.15. The van der Waals surface area contributed by atoms with E-state index in [1.807, 2.05) is 0 Å². The number of carboxylic acid groups (broad SMARTS) is 1. The zero-order chi connectivity index (χ0) is 8.85. The molecule has 2 N–H and O–H groups in total. The number of oxime groups is 1. The minimum atomic E-state index is -1.26. The zero-order valence-corrected chi connectivity index (χ0v) is 6.44. The van der Waals surface area contributed by atoms with E-state index in [2.05, 4.69) is 9.99 Å². The third kappa shape index (κ3) is 4.32. The molecule has 5 heteroatoms. The standard InChI is InChI=1S/C6H11NO4/c1-4(2)7-11-5(3-8)6(9)10/h5,8H,3H2,1-2H3,(H,9,10). The normalized spacial score (nSPS) is 11.9. The van der Waals surface area contributed by atoms with Crippen molar-refractivity contribution in [2.75, 3.05) is 6.61 Å². The van der Waals surface area contributed by atoms with Crippen molar-refractivity contribution in [1.82, 2.24) is 0 Å². The highest BCUT2D eigenvalue weighted by Crippen LogP contribution is 1.92. The van der Waals surface area contributed by atoms with Gasteiger partial charge in [0.15, 0.2) is 0 Å². The number of aliphatic hydroxyl groups is 1. The Bertz CT molecular complexity index is 162. The second-order valence-electron chi connectivity index (χ2n) is 2.15. The summed E-state index contributed by atoms with van der Waals surface area (Å²) in [5.74, 6) is -1.22. The number of aliphatic carboxylic acids is 1. The smallest absolute Gasteiger partial charge is 0.350 e. The Labute approximate surface area is 64.3 Å². The van der Waals surface area contributed by atoms with E-state index in [1.54, 1.807) is 13.8 Å². The molecule has 0 aromatic heterocycles. The molecule has 0 heterocycles. The lowest BCUT2D eigenvalue weighted by Crippen LogP contribution is -2.26. The average molecular weight is 161 g/mol. The number of carbonyl (C=O) groups is 1. The lowest BCUT2D eigenvalue weighted by atomic mass is 10.4. The van der Waals surface area contributed by atoms with Crippen molar-refractivity contribution in [3.8, 4) is 0 Å². The highest BCUT2D eigenvalue weighted by atomic mass is 16.7. The van der Waals surface area contributed by atoms with E-state index in [0.717, 1.165) is 0 Å². The number of nitrogens with zero attached hydrogens (tertiary/aromatic N) is 1. The molecule has 1 atom stereocenters. The van der Waals surface area contributed by atoms with Crippen LogP contribution in [-0.4, -0.2) is 34.6 Å². The van der Waals surface area contributed by atoms with E-state index in [0.29, 0.717) is 5.71 Å². The highest BCUT2D eigenvalue weighted by Gasteiger charge is 2.16. The van der Waals surface area contributed by atoms with Gasteiger partial charge in [-0.15, -0.1) is 0 Å². The first-order valence-electron chi connectivity index (χ1n) is 3.08. The van der Waals surface area contributed by atoms with Crippen LogP contribution in [0.5, 0.6) is 0 Å². The van der Waals surface area contributed by atoms with Crippen molar-refractivity contribution in [3.63, 3.8) is 0 Å². The van der Waals surface area contributed by atoms with Gasteiger partial charge >= 0.3 is 5.97 Å². The van der Waals surface area contributed by atoms with Gasteiger partial charge in [0, 0.05) is 0 Å². The first kappa shape index (κ1) is 9.90. The summed E-state index contributed by atoms with van der Waals surface area (Å²) in [6.07, 6.45) is -1.26. The summed E-state index contributed by atoms with van der Waals surface area (Å²) in [5, 5.41) is 20.2. The summed E-state index contributed by atoms with van der Waals surface area (Å²) in [6.45, 7) is 2.75. The minimum absolute atomic E-state index is 0.577. The van der Waals surface area contributed by atoms with E-state index >= 15 is 0 Å². The first-order valence-corrected chi connectivity index (χ1v) is 3.08. The van der Waals surface area contributed by atoms with Crippen LogP contribution in [0.2, 0.25) is 0 Å². The molecule has 0 aliphatic heterocycles. The molecular weight excluding hydrogens is 150 g/mol. The molecule has 0 bridgehead atoms. The molecule has 0 saturated carbocycles. The van der Waals surface area contributed by atoms with Gasteiger partial charge in [-0.2, -0.15) is 0 Å². The summed E-state index contributed by atoms with van der Waals surface area (Å²) in [4.78, 5) is 14.6. The largest absolute Gasteiger partial charge is 0.478 e. The Morgan fingerprint density at radius 3 is 2.45 bits per heavy atom. The summed E-state index contributed by atoms with van der Waals surface area (Å²) in [6, 6.07) is 0. The molecule has 0 aliphatic carbocycles. The van der Waals surface area contributed by atoms with Crippen LogP contribution in [0.15, 0.2) is 5.16 Å². The summed E-state index contributed by atoms with van der Waals surface area (Å²) >= 11 is 0. The van der Waals surface area contributed by atoms with Gasteiger partial charge in [-0.1, -0.05) is 5.16 Å². The molecule has 1 unspecified atom stereocenters. The van der Waals surface area contributed by atoms with Crippen molar-refractivity contribution < 1.29 is 19.8 Å². The van der Waals surface area contributed by atoms with Crippen LogP contribution < -0.4 is 0 Å². The van der Waals surface area contributed by atoms with Crippen molar-refractivity contribution in [3.05, 3.63) is 0 Å². The fourth-order valence-electron chi connectivity index (χ4n) is 0.326. The molecule has 0 spiro atoms. The Hall–Kier alpha value is -1.10. The predicted molar refractivity (Wildman–Crippen MR) is 38.4 cm³/mol. The molecular formula is C6H11NO4. The molecule has 0 fully saturated rings. The number of aliphatic hydroxyl groups excluding tert-OH is 1. The van der Waals surface area contributed by atoms with Crippen LogP contribution in [0.3, 0.4) is 0 Å². The van der Waals surface area contributed by atoms with Crippen molar-refractivity contribution in [1.29, 1.82) is 0 Å². The van der Waals surface area contributed by atoms with E-state index in [-0.39, 0.29) is 0 Å². The van der Waals surface area contributed by atoms with Crippen molar-refractivity contribution in [2.24, 2.45) is 5.16 Å². The molecule has 11 heavy (non-hydrogen) atoms. The Morgan fingerprint density at radius 2 is 2.18 bits per heavy atom. The minimum Gasteiger partial charge on any atom is -0.478 e. The third-order valence-corrected chi connectivity index (χ3v) is 0.804. The fourth-order valence-corrected chi connectivity index (χ4v) is 0.326. The number of hydrogen-bond acceptors (Lipinski definition) is 4. The van der Waals surface area contributed by atoms with Crippen molar-refractivity contribution in [2.45, 2.75) is 20.0 Å². The Morgan fingerprint density at radius 1 is 1.64 bits per heavy atom. The fraction of sp³-hybridized carbons (Fsp3) is 0.667. The number of carboxylic acids is 1. The molecule has 0 aliphatic rings. The maximum atomic E-state index is 10.2. The average Bonchev–Trinajstić information content (AvgIpc) is 1.87. The van der Waals surface area contributed by atoms with Gasteiger partial charge in [-0.3, -0.25) is 0 Å². The van der Waals surface area contributed by atoms with Crippen molar-refractivity contribution >= 4 is 11.7 Å². The summed E-state index contributed by atoms with van der Waals surface area (Å²) < 4.78 is 0. The van der Waals surface area contributed by atoms with Gasteiger partial charge in [0.05, 0.1) is 12.3 Å². The molecule has 0 rings (SSSR count). The van der Waals surface area contributed by atoms with Gasteiger partial charge in [0.1, 0.15) is 0 Å². The monoisotopic (exact) mass is 161 g/mol. The van der Waals surface area contributed by atoms with E-state index < -0.39 is 18.7 Å². The molecule has 0 aromatic carbocycles. The van der Waals surface area contributed by atoms with Gasteiger partial charge in [-0.25, -0.2) is 4.79 Å².